The van der Waals surface area contributed by atoms with Crippen molar-refractivity contribution in [1.29, 1.82) is 5.26 Å². The number of carbonyl (C=O) groups is 1. The van der Waals surface area contributed by atoms with E-state index in [-0.39, 0.29) is 22.9 Å². The van der Waals surface area contributed by atoms with Crippen LogP contribution in [-0.2, 0) is 22.1 Å². The molecular weight excluding hydrogens is 561 g/mol. The summed E-state index contributed by atoms with van der Waals surface area (Å²) in [6.07, 6.45) is -0.696. The monoisotopic (exact) mass is 595 g/mol. The van der Waals surface area contributed by atoms with Crippen LogP contribution >= 0.6 is 0 Å². The van der Waals surface area contributed by atoms with Crippen LogP contribution in [0.4, 0.5) is 24.8 Å². The summed E-state index contributed by atoms with van der Waals surface area (Å²) in [5.41, 5.74) is 0.711. The number of benzene rings is 2. The number of methoxy groups -OCH3 is 1. The number of anilines is 2. The number of alkyl halides is 3. The minimum atomic E-state index is -4.61. The van der Waals surface area contributed by atoms with Crippen molar-refractivity contribution in [2.45, 2.75) is 44.8 Å². The summed E-state index contributed by atoms with van der Waals surface area (Å²) >= 11 is 0. The molecule has 0 radical (unpaired) electrons. The lowest BCUT2D eigenvalue weighted by molar-refractivity contribution is -0.892. The van der Waals surface area contributed by atoms with Gasteiger partial charge in [-0.15, -0.1) is 5.10 Å². The van der Waals surface area contributed by atoms with Crippen LogP contribution in [0.5, 0.6) is 0 Å². The van der Waals surface area contributed by atoms with E-state index in [1.165, 1.54) is 41.6 Å². The van der Waals surface area contributed by atoms with Crippen LogP contribution in [0.25, 0.3) is 0 Å². The molecule has 0 spiro atoms. The van der Waals surface area contributed by atoms with E-state index in [0.29, 0.717) is 17.5 Å². The Morgan fingerprint density at radius 1 is 1.21 bits per heavy atom. The molecule has 226 valence electrons. The fourth-order valence-electron chi connectivity index (χ4n) is 6.03. The van der Waals surface area contributed by atoms with E-state index >= 15 is 0 Å². The first-order chi connectivity index (χ1) is 20.3. The normalized spacial score (nSPS) is 17.1. The summed E-state index contributed by atoms with van der Waals surface area (Å²) in [5, 5.41) is 16.2. The molecule has 0 unspecified atom stereocenters. The predicted molar refractivity (Wildman–Crippen MR) is 153 cm³/mol. The molecule has 1 saturated carbocycles. The Kier molecular flexibility index (Phi) is 7.96. The highest BCUT2D eigenvalue weighted by molar-refractivity contribution is 5.93. The smallest absolute Gasteiger partial charge is 0.416 e. The second kappa shape index (κ2) is 11.4. The minimum Gasteiger partial charge on any atom is -0.466 e. The largest absolute Gasteiger partial charge is 0.466 e. The predicted octanol–water partition coefficient (Wildman–Crippen LogP) is 5.07. The molecule has 1 aliphatic heterocycles. The number of quaternary nitrogens is 1. The number of ether oxygens (including phenoxy) is 1. The molecule has 1 aromatic heterocycles. The Bertz CT molecular complexity index is 1680. The number of aromatic nitrogens is 3. The van der Waals surface area contributed by atoms with E-state index in [0.717, 1.165) is 47.6 Å². The van der Waals surface area contributed by atoms with Gasteiger partial charge in [0.05, 0.1) is 57.1 Å². The maximum Gasteiger partial charge on any atom is 0.416 e. The molecule has 12 heteroatoms. The maximum atomic E-state index is 13.6. The number of aryl methyl sites for hydroxylation is 1. The number of esters is 1. The van der Waals surface area contributed by atoms with Crippen LogP contribution in [0.15, 0.2) is 58.5 Å². The third kappa shape index (κ3) is 6.08. The van der Waals surface area contributed by atoms with Crippen molar-refractivity contribution in [3.05, 3.63) is 86.5 Å². The SMILES string of the molecule is COC(=O)C1=C(C)N(c2cccc(C(F)(F)F)c2)c2n[nH]c(=O)n2[C@@H]1c1ccc(C#N)cc1CCC[N+](C)(C)CC1CC1. The summed E-state index contributed by atoms with van der Waals surface area (Å²) in [6, 6.07) is 10.9. The van der Waals surface area contributed by atoms with Gasteiger partial charge in [-0.1, -0.05) is 12.1 Å². The van der Waals surface area contributed by atoms with Crippen LogP contribution in [0.2, 0.25) is 0 Å². The lowest BCUT2D eigenvalue weighted by Gasteiger charge is -2.36. The summed E-state index contributed by atoms with van der Waals surface area (Å²) < 4.78 is 48.1. The second-order valence-corrected chi connectivity index (χ2v) is 11.9. The molecule has 0 amide bonds. The molecule has 1 atom stereocenters. The van der Waals surface area contributed by atoms with Crippen molar-refractivity contribution in [3.8, 4) is 6.07 Å². The summed E-state index contributed by atoms with van der Waals surface area (Å²) in [5.74, 6) is 0.0457. The summed E-state index contributed by atoms with van der Waals surface area (Å²) in [6.45, 7) is 3.58. The Morgan fingerprint density at radius 2 is 1.95 bits per heavy atom. The number of halogens is 3. The molecule has 3 aromatic rings. The zero-order valence-electron chi connectivity index (χ0n) is 24.5. The standard InChI is InChI=1S/C31H33F3N6O3/c1-19-26(28(41)43-4)27(25-13-12-21(17-35)15-22(25)7-6-14-40(2,3)18-20-10-11-20)39-29(36-37-30(39)42)38(19)24-9-5-8-23(16-24)31(32,33)34/h5,8-9,12-13,15-16,20,27H,6-7,10-11,14,18H2,1-4H3/p+1/t27-/m1/s1. The highest BCUT2D eigenvalue weighted by Crippen LogP contribution is 2.43. The van der Waals surface area contributed by atoms with Crippen molar-refractivity contribution in [1.82, 2.24) is 14.8 Å². The lowest BCUT2D eigenvalue weighted by atomic mass is 9.88. The van der Waals surface area contributed by atoms with E-state index in [1.54, 1.807) is 25.1 Å². The van der Waals surface area contributed by atoms with Gasteiger partial charge in [0.2, 0.25) is 5.95 Å². The Morgan fingerprint density at radius 3 is 2.60 bits per heavy atom. The molecule has 9 nitrogen and oxygen atoms in total. The first-order valence-electron chi connectivity index (χ1n) is 14.1. The molecule has 1 aliphatic carbocycles. The van der Waals surface area contributed by atoms with Crippen molar-refractivity contribution in [2.75, 3.05) is 39.2 Å². The zero-order valence-corrected chi connectivity index (χ0v) is 24.5. The van der Waals surface area contributed by atoms with Crippen molar-refractivity contribution in [2.24, 2.45) is 5.92 Å². The number of hydrogen-bond donors (Lipinski definition) is 1. The number of H-pyrrole nitrogens is 1. The molecule has 0 saturated heterocycles. The Hall–Kier alpha value is -4.37. The molecule has 2 heterocycles. The van der Waals surface area contributed by atoms with Crippen molar-refractivity contribution >= 4 is 17.6 Å². The molecule has 2 aromatic carbocycles. The average molecular weight is 596 g/mol. The maximum absolute atomic E-state index is 13.6. The van der Waals surface area contributed by atoms with E-state index < -0.39 is 29.4 Å². The number of aromatic amines is 1. The van der Waals surface area contributed by atoms with E-state index in [2.05, 4.69) is 30.4 Å². The Labute approximate surface area is 247 Å². The number of allylic oxidation sites excluding steroid dienone is 1. The van der Waals surface area contributed by atoms with Gasteiger partial charge in [0, 0.05) is 23.7 Å². The van der Waals surface area contributed by atoms with Crippen LogP contribution in [0, 0.1) is 17.2 Å². The highest BCUT2D eigenvalue weighted by atomic mass is 19.4. The number of fused-ring (bicyclic) bond motifs is 1. The number of nitriles is 1. The van der Waals surface area contributed by atoms with Gasteiger partial charge >= 0.3 is 17.8 Å². The average Bonchev–Trinajstić information content (AvgIpc) is 3.69. The van der Waals surface area contributed by atoms with Gasteiger partial charge in [0.25, 0.3) is 0 Å². The summed E-state index contributed by atoms with van der Waals surface area (Å²) in [4.78, 5) is 28.1. The van der Waals surface area contributed by atoms with E-state index in [9.17, 15) is 28.0 Å². The van der Waals surface area contributed by atoms with Gasteiger partial charge in [0.15, 0.2) is 0 Å². The van der Waals surface area contributed by atoms with Crippen LogP contribution in [0.3, 0.4) is 0 Å². The molecule has 1 N–H and O–H groups in total. The van der Waals surface area contributed by atoms with Gasteiger partial charge in [-0.25, -0.2) is 19.3 Å². The molecule has 0 bridgehead atoms. The van der Waals surface area contributed by atoms with E-state index in [1.807, 2.05) is 0 Å². The van der Waals surface area contributed by atoms with Crippen molar-refractivity contribution in [3.63, 3.8) is 0 Å². The fraction of sp³-hybridized carbons (Fsp3) is 0.419. The van der Waals surface area contributed by atoms with E-state index in [4.69, 9.17) is 4.74 Å². The molecule has 5 rings (SSSR count). The van der Waals surface area contributed by atoms with Gasteiger partial charge in [-0.3, -0.25) is 4.90 Å². The Balaban J connectivity index is 1.63. The molecular formula is C31H34F3N6O3+. The van der Waals surface area contributed by atoms with Crippen LogP contribution in [0.1, 0.15) is 54.5 Å². The number of nitrogens with one attached hydrogen (secondary N) is 1. The molecule has 43 heavy (non-hydrogen) atoms. The van der Waals surface area contributed by atoms with Crippen molar-refractivity contribution < 1.29 is 27.2 Å². The number of carbonyl (C=O) groups excluding carboxylic acids is 1. The van der Waals surface area contributed by atoms with Gasteiger partial charge in [0.1, 0.15) is 6.04 Å². The topological polar surface area (TPSA) is 104 Å². The number of nitrogens with zero attached hydrogens (tertiary/aromatic N) is 5. The fourth-order valence-corrected chi connectivity index (χ4v) is 6.03. The first kappa shape index (κ1) is 30.1. The third-order valence-electron chi connectivity index (χ3n) is 8.21. The second-order valence-electron chi connectivity index (χ2n) is 11.9. The lowest BCUT2D eigenvalue weighted by Crippen LogP contribution is -2.42. The zero-order chi connectivity index (χ0) is 31.1. The third-order valence-corrected chi connectivity index (χ3v) is 8.21. The van der Waals surface area contributed by atoms with Crippen LogP contribution < -0.4 is 10.6 Å². The minimum absolute atomic E-state index is 0.0250. The molecule has 1 fully saturated rings. The number of hydrogen-bond acceptors (Lipinski definition) is 6. The van der Waals surface area contributed by atoms with Crippen LogP contribution in [-0.4, -0.2) is 59.5 Å². The van der Waals surface area contributed by atoms with Gasteiger partial charge in [-0.2, -0.15) is 18.4 Å². The van der Waals surface area contributed by atoms with Gasteiger partial charge in [-0.05, 0) is 67.6 Å². The quantitative estimate of drug-likeness (QED) is 0.274. The van der Waals surface area contributed by atoms with Gasteiger partial charge < -0.3 is 9.22 Å². The summed E-state index contributed by atoms with van der Waals surface area (Å²) in [7, 11) is 5.61. The number of rotatable bonds is 9. The molecule has 2 aliphatic rings. The highest BCUT2D eigenvalue weighted by Gasteiger charge is 2.41. The first-order valence-corrected chi connectivity index (χ1v) is 14.1.